The van der Waals surface area contributed by atoms with Crippen molar-refractivity contribution in [2.75, 3.05) is 6.61 Å². The first-order valence-electron chi connectivity index (χ1n) is 5.82. The number of nitro groups is 1. The Hall–Kier alpha value is -1.66. The number of carbonyl (C=O) groups excluding carboxylic acids is 1. The van der Waals surface area contributed by atoms with Gasteiger partial charge < -0.3 is 10.4 Å². The van der Waals surface area contributed by atoms with E-state index in [1.165, 1.54) is 18.2 Å². The minimum Gasteiger partial charge on any atom is -0.396 e. The summed E-state index contributed by atoms with van der Waals surface area (Å²) >= 11 is 5.73. The number of hydrogen-bond acceptors (Lipinski definition) is 4. The van der Waals surface area contributed by atoms with Crippen LogP contribution in [0.5, 0.6) is 0 Å². The Morgan fingerprint density at radius 3 is 2.84 bits per heavy atom. The highest BCUT2D eigenvalue weighted by atomic mass is 35.5. The zero-order chi connectivity index (χ0) is 14.4. The molecule has 0 bridgehead atoms. The molecule has 0 aliphatic carbocycles. The number of benzene rings is 1. The maximum Gasteiger partial charge on any atom is 0.300 e. The smallest absolute Gasteiger partial charge is 0.300 e. The minimum absolute atomic E-state index is 0.0392. The van der Waals surface area contributed by atoms with Crippen molar-refractivity contribution in [2.24, 2.45) is 0 Å². The number of hydrogen-bond donors (Lipinski definition) is 2. The number of halogens is 1. The second-order valence-electron chi connectivity index (χ2n) is 4.13. The molecule has 1 atom stereocenters. The van der Waals surface area contributed by atoms with Gasteiger partial charge in [-0.15, -0.1) is 0 Å². The Bertz CT molecular complexity index is 479. The Kier molecular flexibility index (Phi) is 5.72. The molecule has 0 aliphatic rings. The van der Waals surface area contributed by atoms with Crippen LogP contribution < -0.4 is 5.32 Å². The van der Waals surface area contributed by atoms with E-state index < -0.39 is 16.5 Å². The third-order valence-electron chi connectivity index (χ3n) is 2.59. The molecule has 0 radical (unpaired) electrons. The van der Waals surface area contributed by atoms with Crippen LogP contribution in [0.1, 0.15) is 30.1 Å². The van der Waals surface area contributed by atoms with Crippen molar-refractivity contribution in [3.8, 4) is 0 Å². The number of amides is 1. The maximum atomic E-state index is 12.0. The maximum absolute atomic E-state index is 12.0. The monoisotopic (exact) mass is 286 g/mol. The van der Waals surface area contributed by atoms with E-state index in [1.807, 2.05) is 0 Å². The molecule has 0 saturated carbocycles. The van der Waals surface area contributed by atoms with Gasteiger partial charge in [0.15, 0.2) is 0 Å². The molecule has 1 aromatic carbocycles. The molecule has 19 heavy (non-hydrogen) atoms. The number of aliphatic hydroxyl groups excluding tert-OH is 1. The van der Waals surface area contributed by atoms with E-state index in [4.69, 9.17) is 16.7 Å². The minimum atomic E-state index is -0.671. The van der Waals surface area contributed by atoms with Crippen LogP contribution in [-0.4, -0.2) is 28.6 Å². The van der Waals surface area contributed by atoms with Crippen molar-refractivity contribution in [3.05, 3.63) is 38.9 Å². The average molecular weight is 287 g/mol. The van der Waals surface area contributed by atoms with Crippen LogP contribution in [0.15, 0.2) is 18.2 Å². The van der Waals surface area contributed by atoms with Crippen molar-refractivity contribution in [1.29, 1.82) is 0 Å². The molecule has 1 aromatic rings. The van der Waals surface area contributed by atoms with Gasteiger partial charge in [0, 0.05) is 12.6 Å². The second-order valence-corrected chi connectivity index (χ2v) is 4.54. The Morgan fingerprint density at radius 2 is 2.26 bits per heavy atom. The number of nitrogens with one attached hydrogen (secondary N) is 1. The van der Waals surface area contributed by atoms with Crippen LogP contribution in [-0.2, 0) is 0 Å². The summed E-state index contributed by atoms with van der Waals surface area (Å²) in [7, 11) is 0. The zero-order valence-corrected chi connectivity index (χ0v) is 11.2. The lowest BCUT2D eigenvalue weighted by atomic mass is 10.1. The van der Waals surface area contributed by atoms with Crippen LogP contribution in [0.3, 0.4) is 0 Å². The molecule has 0 heterocycles. The number of para-hydroxylation sites is 1. The van der Waals surface area contributed by atoms with Crippen molar-refractivity contribution in [2.45, 2.75) is 25.8 Å². The predicted octanol–water partition coefficient (Wildman–Crippen LogP) is 2.14. The number of carbonyl (C=O) groups is 1. The summed E-state index contributed by atoms with van der Waals surface area (Å²) in [5, 5.41) is 22.2. The highest BCUT2D eigenvalue weighted by molar-refractivity contribution is 6.33. The van der Waals surface area contributed by atoms with Gasteiger partial charge in [0.1, 0.15) is 10.6 Å². The summed E-state index contributed by atoms with van der Waals surface area (Å²) in [6, 6.07) is 4.03. The number of rotatable bonds is 6. The van der Waals surface area contributed by atoms with Crippen LogP contribution in [0.2, 0.25) is 5.02 Å². The molecule has 0 spiro atoms. The molecule has 104 valence electrons. The molecule has 0 saturated heterocycles. The van der Waals surface area contributed by atoms with Gasteiger partial charge in [-0.05, 0) is 31.9 Å². The molecule has 1 rings (SSSR count). The lowest BCUT2D eigenvalue weighted by molar-refractivity contribution is -0.385. The summed E-state index contributed by atoms with van der Waals surface area (Å²) < 4.78 is 0. The van der Waals surface area contributed by atoms with E-state index in [1.54, 1.807) is 6.92 Å². The summed E-state index contributed by atoms with van der Waals surface area (Å²) in [6.45, 7) is 1.81. The standard InChI is InChI=1S/C12H15ClN2O4/c1-8(4-3-7-16)14-12(17)9-5-2-6-10(13)11(9)15(18)19/h2,5-6,8,16H,3-4,7H2,1H3,(H,14,17). The normalized spacial score (nSPS) is 11.9. The molecular formula is C12H15ClN2O4. The second kappa shape index (κ2) is 7.06. The van der Waals surface area contributed by atoms with E-state index in [0.717, 1.165) is 0 Å². The topological polar surface area (TPSA) is 92.5 Å². The number of nitrogens with zero attached hydrogens (tertiary/aromatic N) is 1. The molecule has 0 aromatic heterocycles. The van der Waals surface area contributed by atoms with Gasteiger partial charge >= 0.3 is 5.69 Å². The first-order valence-corrected chi connectivity index (χ1v) is 6.19. The summed E-state index contributed by atoms with van der Waals surface area (Å²) in [4.78, 5) is 22.2. The molecular weight excluding hydrogens is 272 g/mol. The first-order chi connectivity index (χ1) is 8.97. The van der Waals surface area contributed by atoms with Gasteiger partial charge in [0.05, 0.1) is 4.92 Å². The highest BCUT2D eigenvalue weighted by Crippen LogP contribution is 2.28. The largest absolute Gasteiger partial charge is 0.396 e. The van der Waals surface area contributed by atoms with Crippen LogP contribution in [0.4, 0.5) is 5.69 Å². The lowest BCUT2D eigenvalue weighted by Crippen LogP contribution is -2.33. The lowest BCUT2D eigenvalue weighted by Gasteiger charge is -2.13. The highest BCUT2D eigenvalue weighted by Gasteiger charge is 2.24. The molecule has 0 fully saturated rings. The van der Waals surface area contributed by atoms with E-state index in [-0.39, 0.29) is 23.2 Å². The third-order valence-corrected chi connectivity index (χ3v) is 2.89. The average Bonchev–Trinajstić information content (AvgIpc) is 2.35. The van der Waals surface area contributed by atoms with Gasteiger partial charge in [-0.2, -0.15) is 0 Å². The molecule has 0 aliphatic heterocycles. The van der Waals surface area contributed by atoms with Crippen LogP contribution >= 0.6 is 11.6 Å². The van der Waals surface area contributed by atoms with Gasteiger partial charge in [-0.3, -0.25) is 14.9 Å². The Balaban J connectivity index is 2.88. The summed E-state index contributed by atoms with van der Waals surface area (Å²) in [6.07, 6.45) is 1.15. The molecule has 1 unspecified atom stereocenters. The van der Waals surface area contributed by atoms with E-state index in [0.29, 0.717) is 12.8 Å². The van der Waals surface area contributed by atoms with Gasteiger partial charge in [-0.1, -0.05) is 17.7 Å². The van der Waals surface area contributed by atoms with E-state index >= 15 is 0 Å². The van der Waals surface area contributed by atoms with E-state index in [2.05, 4.69) is 5.32 Å². The van der Waals surface area contributed by atoms with Crippen molar-refractivity contribution in [3.63, 3.8) is 0 Å². The quantitative estimate of drug-likeness (QED) is 0.619. The molecule has 6 nitrogen and oxygen atoms in total. The van der Waals surface area contributed by atoms with Gasteiger partial charge in [0.25, 0.3) is 5.91 Å². The SMILES string of the molecule is CC(CCCO)NC(=O)c1cccc(Cl)c1[N+](=O)[O-]. The predicted molar refractivity (Wildman–Crippen MR) is 71.4 cm³/mol. The van der Waals surface area contributed by atoms with Crippen molar-refractivity contribution < 1.29 is 14.8 Å². The third kappa shape index (κ3) is 4.18. The zero-order valence-electron chi connectivity index (χ0n) is 10.4. The van der Waals surface area contributed by atoms with Gasteiger partial charge in [-0.25, -0.2) is 0 Å². The van der Waals surface area contributed by atoms with Gasteiger partial charge in [0.2, 0.25) is 0 Å². The summed E-state index contributed by atoms with van der Waals surface area (Å²) in [5.41, 5.74) is -0.454. The number of nitro benzene ring substituents is 1. The number of aliphatic hydroxyl groups is 1. The fraction of sp³-hybridized carbons (Fsp3) is 0.417. The molecule has 7 heteroatoms. The molecule has 1 amide bonds. The molecule has 2 N–H and O–H groups in total. The van der Waals surface area contributed by atoms with Crippen LogP contribution in [0, 0.1) is 10.1 Å². The fourth-order valence-corrected chi connectivity index (χ4v) is 1.90. The Labute approximate surface area is 115 Å². The van der Waals surface area contributed by atoms with Crippen molar-refractivity contribution >= 4 is 23.2 Å². The fourth-order valence-electron chi connectivity index (χ4n) is 1.66. The van der Waals surface area contributed by atoms with E-state index in [9.17, 15) is 14.9 Å². The van der Waals surface area contributed by atoms with Crippen molar-refractivity contribution in [1.82, 2.24) is 5.32 Å². The first kappa shape index (κ1) is 15.4. The van der Waals surface area contributed by atoms with Crippen LogP contribution in [0.25, 0.3) is 0 Å². The Morgan fingerprint density at radius 1 is 1.58 bits per heavy atom. The summed E-state index contributed by atoms with van der Waals surface area (Å²) in [5.74, 6) is -0.542.